The van der Waals surface area contributed by atoms with Gasteiger partial charge in [-0.3, -0.25) is 24.6 Å². The van der Waals surface area contributed by atoms with E-state index >= 15 is 0 Å². The normalized spacial score (nSPS) is 17.2. The molecule has 1 aliphatic rings. The van der Waals surface area contributed by atoms with E-state index in [1.807, 2.05) is 0 Å². The molecule has 0 spiro atoms. The van der Waals surface area contributed by atoms with Gasteiger partial charge in [-0.2, -0.15) is 0 Å². The Kier molecular flexibility index (Phi) is 4.88. The van der Waals surface area contributed by atoms with Gasteiger partial charge in [0.2, 0.25) is 0 Å². The smallest absolute Gasteiger partial charge is 0.328 e. The van der Waals surface area contributed by atoms with Gasteiger partial charge in [-0.15, -0.1) is 0 Å². The fraction of sp³-hybridized carbons (Fsp3) is 0.214. The van der Waals surface area contributed by atoms with Crippen LogP contribution in [0.4, 0.5) is 10.5 Å². The number of carbonyl (C=O) groups excluding carboxylic acids is 3. The maximum atomic E-state index is 12.3. The maximum Gasteiger partial charge on any atom is 0.328 e. The third-order valence-corrected chi connectivity index (χ3v) is 4.15. The first-order chi connectivity index (χ1) is 11.3. The van der Waals surface area contributed by atoms with Gasteiger partial charge in [-0.1, -0.05) is 0 Å². The molecule has 0 unspecified atom stereocenters. The minimum Gasteiger partial charge on any atom is -0.507 e. The zero-order chi connectivity index (χ0) is 18.0. The molecular weight excluding hydrogens is 340 g/mol. The lowest BCUT2D eigenvalue weighted by Crippen LogP contribution is -2.42. The summed E-state index contributed by atoms with van der Waals surface area (Å²) in [5.41, 5.74) is -0.262. The standard InChI is InChI=1S/C14H12N2O7S/c1-7(13(19)23-2)15-12(18)11(24-14(15)20)6-8-5-9(16(21)22)3-4-10(8)17/h3-7,17H,1-2H3/b11-6+/t7-/m1/s1. The van der Waals surface area contributed by atoms with Crippen molar-refractivity contribution >= 4 is 40.6 Å². The Bertz CT molecular complexity index is 774. The van der Waals surface area contributed by atoms with Crippen LogP contribution in [0.1, 0.15) is 12.5 Å². The van der Waals surface area contributed by atoms with Crippen LogP contribution in [0.25, 0.3) is 6.08 Å². The highest BCUT2D eigenvalue weighted by Gasteiger charge is 2.41. The number of aromatic hydroxyl groups is 1. The lowest BCUT2D eigenvalue weighted by molar-refractivity contribution is -0.384. The number of amides is 2. The van der Waals surface area contributed by atoms with Gasteiger partial charge in [0.1, 0.15) is 11.8 Å². The molecule has 126 valence electrons. The van der Waals surface area contributed by atoms with Crippen molar-refractivity contribution in [2.24, 2.45) is 0 Å². The number of carbonyl (C=O) groups is 3. The van der Waals surface area contributed by atoms with Crippen LogP contribution in [-0.4, -0.2) is 45.2 Å². The molecule has 0 radical (unpaired) electrons. The second-order valence-electron chi connectivity index (χ2n) is 4.75. The molecule has 1 fully saturated rings. The molecule has 0 aromatic heterocycles. The summed E-state index contributed by atoms with van der Waals surface area (Å²) in [7, 11) is 1.13. The maximum absolute atomic E-state index is 12.3. The van der Waals surface area contributed by atoms with Crippen molar-refractivity contribution in [2.45, 2.75) is 13.0 Å². The first-order valence-electron chi connectivity index (χ1n) is 6.58. The van der Waals surface area contributed by atoms with E-state index in [4.69, 9.17) is 0 Å². The molecule has 2 amide bonds. The quantitative estimate of drug-likeness (QED) is 0.377. The van der Waals surface area contributed by atoms with Crippen LogP contribution in [0.5, 0.6) is 5.75 Å². The number of thioether (sulfide) groups is 1. The van der Waals surface area contributed by atoms with Crippen molar-refractivity contribution in [3.8, 4) is 5.75 Å². The Morgan fingerprint density at radius 3 is 2.71 bits per heavy atom. The van der Waals surface area contributed by atoms with E-state index in [-0.39, 0.29) is 21.9 Å². The number of non-ortho nitro benzene ring substituents is 1. The number of hydrogen-bond donors (Lipinski definition) is 1. The number of imide groups is 1. The van der Waals surface area contributed by atoms with E-state index in [0.717, 1.165) is 36.3 Å². The summed E-state index contributed by atoms with van der Waals surface area (Å²) in [5, 5.41) is 19.9. The summed E-state index contributed by atoms with van der Waals surface area (Å²) in [5.74, 6) is -1.78. The number of benzene rings is 1. The monoisotopic (exact) mass is 352 g/mol. The number of nitrogens with zero attached hydrogens (tertiary/aromatic N) is 2. The number of ether oxygens (including phenoxy) is 1. The van der Waals surface area contributed by atoms with Crippen LogP contribution in [0.2, 0.25) is 0 Å². The second-order valence-corrected chi connectivity index (χ2v) is 5.74. The van der Waals surface area contributed by atoms with Crippen molar-refractivity contribution in [1.29, 1.82) is 0 Å². The largest absolute Gasteiger partial charge is 0.507 e. The van der Waals surface area contributed by atoms with Crippen molar-refractivity contribution < 1.29 is 29.2 Å². The third kappa shape index (κ3) is 3.23. The number of hydrogen-bond acceptors (Lipinski definition) is 8. The number of phenolic OH excluding ortho intramolecular Hbond substituents is 1. The minimum atomic E-state index is -1.10. The zero-order valence-corrected chi connectivity index (χ0v) is 13.4. The molecule has 1 aliphatic heterocycles. The van der Waals surface area contributed by atoms with Crippen molar-refractivity contribution in [2.75, 3.05) is 7.11 Å². The fourth-order valence-electron chi connectivity index (χ4n) is 2.00. The number of phenols is 1. The van der Waals surface area contributed by atoms with E-state index in [0.29, 0.717) is 11.8 Å². The molecule has 0 saturated carbocycles. The van der Waals surface area contributed by atoms with E-state index in [1.54, 1.807) is 0 Å². The second kappa shape index (κ2) is 6.71. The number of rotatable bonds is 4. The molecule has 2 rings (SSSR count). The number of esters is 1. The SMILES string of the molecule is COC(=O)[C@@H](C)N1C(=O)S/C(=C/c2cc([N+](=O)[O-])ccc2O)C1=O. The summed E-state index contributed by atoms with van der Waals surface area (Å²) >= 11 is 0.566. The molecule has 10 heteroatoms. The Labute approximate surface area is 140 Å². The molecule has 1 heterocycles. The Morgan fingerprint density at radius 1 is 1.46 bits per heavy atom. The van der Waals surface area contributed by atoms with E-state index in [1.165, 1.54) is 6.92 Å². The molecule has 1 N–H and O–H groups in total. The molecule has 1 aromatic rings. The van der Waals surface area contributed by atoms with Crippen molar-refractivity contribution in [3.05, 3.63) is 38.8 Å². The highest BCUT2D eigenvalue weighted by Crippen LogP contribution is 2.35. The van der Waals surface area contributed by atoms with E-state index in [2.05, 4.69) is 4.74 Å². The predicted molar refractivity (Wildman–Crippen MR) is 84.0 cm³/mol. The molecule has 1 saturated heterocycles. The molecular formula is C14H12N2O7S. The number of nitro benzene ring substituents is 1. The molecule has 0 aliphatic carbocycles. The number of methoxy groups -OCH3 is 1. The average Bonchev–Trinajstić information content (AvgIpc) is 2.81. The Morgan fingerprint density at radius 2 is 2.12 bits per heavy atom. The van der Waals surface area contributed by atoms with Gasteiger partial charge < -0.3 is 9.84 Å². The molecule has 0 bridgehead atoms. The van der Waals surface area contributed by atoms with Gasteiger partial charge in [0, 0.05) is 17.7 Å². The fourth-order valence-corrected chi connectivity index (χ4v) is 2.90. The van der Waals surface area contributed by atoms with Crippen molar-refractivity contribution in [1.82, 2.24) is 4.90 Å². The van der Waals surface area contributed by atoms with Crippen LogP contribution in [0.15, 0.2) is 23.1 Å². The van der Waals surface area contributed by atoms with Gasteiger partial charge in [0.25, 0.3) is 16.8 Å². The van der Waals surface area contributed by atoms with E-state index < -0.39 is 28.1 Å². The number of nitro groups is 1. The topological polar surface area (TPSA) is 127 Å². The van der Waals surface area contributed by atoms with Crippen LogP contribution >= 0.6 is 11.8 Å². The van der Waals surface area contributed by atoms with Gasteiger partial charge in [0.15, 0.2) is 0 Å². The van der Waals surface area contributed by atoms with Gasteiger partial charge in [-0.05, 0) is 30.8 Å². The lowest BCUT2D eigenvalue weighted by atomic mass is 10.1. The Hall–Kier alpha value is -2.88. The van der Waals surface area contributed by atoms with E-state index in [9.17, 15) is 29.6 Å². The first-order valence-corrected chi connectivity index (χ1v) is 7.40. The van der Waals surface area contributed by atoms with Crippen molar-refractivity contribution in [3.63, 3.8) is 0 Å². The third-order valence-electron chi connectivity index (χ3n) is 3.26. The summed E-state index contributed by atoms with van der Waals surface area (Å²) in [6.07, 6.45) is 1.16. The van der Waals surface area contributed by atoms with Gasteiger partial charge >= 0.3 is 5.97 Å². The average molecular weight is 352 g/mol. The molecule has 24 heavy (non-hydrogen) atoms. The summed E-state index contributed by atoms with van der Waals surface area (Å²) in [6, 6.07) is 2.20. The van der Waals surface area contributed by atoms with Crippen LogP contribution < -0.4 is 0 Å². The van der Waals surface area contributed by atoms with Crippen LogP contribution in [-0.2, 0) is 14.3 Å². The van der Waals surface area contributed by atoms with Crippen LogP contribution in [0.3, 0.4) is 0 Å². The Balaban J connectivity index is 2.37. The summed E-state index contributed by atoms with van der Waals surface area (Å²) in [4.78, 5) is 46.6. The lowest BCUT2D eigenvalue weighted by Gasteiger charge is -2.18. The first kappa shape index (κ1) is 17.5. The highest BCUT2D eigenvalue weighted by molar-refractivity contribution is 8.18. The minimum absolute atomic E-state index is 0.0143. The zero-order valence-electron chi connectivity index (χ0n) is 12.6. The highest BCUT2D eigenvalue weighted by atomic mass is 32.2. The molecule has 9 nitrogen and oxygen atoms in total. The summed E-state index contributed by atoms with van der Waals surface area (Å²) in [6.45, 7) is 1.34. The predicted octanol–water partition coefficient (Wildman–Crippen LogP) is 1.90. The van der Waals surface area contributed by atoms with Gasteiger partial charge in [-0.25, -0.2) is 4.79 Å². The molecule has 1 atom stereocenters. The van der Waals surface area contributed by atoms with Crippen LogP contribution in [0, 0.1) is 10.1 Å². The molecule has 1 aromatic carbocycles. The van der Waals surface area contributed by atoms with Gasteiger partial charge in [0.05, 0.1) is 16.9 Å². The summed E-state index contributed by atoms with van der Waals surface area (Å²) < 4.78 is 4.51.